The minimum absolute atomic E-state index is 0.383. The quantitative estimate of drug-likeness (QED) is 0.732. The van der Waals surface area contributed by atoms with E-state index in [0.717, 1.165) is 16.9 Å². The molecule has 0 aliphatic heterocycles. The molecule has 0 aliphatic rings. The van der Waals surface area contributed by atoms with Crippen LogP contribution in [-0.4, -0.2) is 30.4 Å². The molecule has 108 valence electrons. The third-order valence-corrected chi connectivity index (χ3v) is 3.78. The Balaban J connectivity index is 1.81. The molecule has 1 heterocycles. The van der Waals surface area contributed by atoms with Crippen LogP contribution >= 0.6 is 11.3 Å². The highest BCUT2D eigenvalue weighted by atomic mass is 32.1. The standard InChI is InChI=1S/C15H19NO3S/c1-19-13-4-2-3-11(7-13)14(17)8-16-9-15(18)12-5-6-20-10-12/h2-7,10,14-18H,8-9H2,1H3. The molecule has 2 unspecified atom stereocenters. The van der Waals surface area contributed by atoms with E-state index in [4.69, 9.17) is 4.74 Å². The van der Waals surface area contributed by atoms with Gasteiger partial charge in [0.15, 0.2) is 0 Å². The first kappa shape index (κ1) is 15.0. The Bertz CT molecular complexity index is 516. The first-order valence-corrected chi connectivity index (χ1v) is 7.38. The van der Waals surface area contributed by atoms with Gasteiger partial charge in [0.05, 0.1) is 19.3 Å². The Labute approximate surface area is 122 Å². The summed E-state index contributed by atoms with van der Waals surface area (Å²) in [4.78, 5) is 0. The maximum Gasteiger partial charge on any atom is 0.119 e. The summed E-state index contributed by atoms with van der Waals surface area (Å²) in [6, 6.07) is 9.24. The van der Waals surface area contributed by atoms with Gasteiger partial charge in [-0.25, -0.2) is 0 Å². The van der Waals surface area contributed by atoms with E-state index >= 15 is 0 Å². The zero-order valence-electron chi connectivity index (χ0n) is 11.3. The van der Waals surface area contributed by atoms with Crippen molar-refractivity contribution in [3.05, 3.63) is 52.2 Å². The Morgan fingerprint density at radius 3 is 2.55 bits per heavy atom. The number of methoxy groups -OCH3 is 1. The van der Waals surface area contributed by atoms with Gasteiger partial charge in [0.1, 0.15) is 5.75 Å². The molecule has 0 aliphatic carbocycles. The number of thiophene rings is 1. The highest BCUT2D eigenvalue weighted by Crippen LogP contribution is 2.19. The van der Waals surface area contributed by atoms with E-state index in [1.54, 1.807) is 18.4 Å². The van der Waals surface area contributed by atoms with Gasteiger partial charge in [0, 0.05) is 13.1 Å². The van der Waals surface area contributed by atoms with Crippen molar-refractivity contribution in [2.45, 2.75) is 12.2 Å². The van der Waals surface area contributed by atoms with Crippen molar-refractivity contribution in [2.75, 3.05) is 20.2 Å². The van der Waals surface area contributed by atoms with Crippen molar-refractivity contribution in [3.8, 4) is 5.75 Å². The summed E-state index contributed by atoms with van der Waals surface area (Å²) in [5.74, 6) is 0.722. The van der Waals surface area contributed by atoms with Gasteiger partial charge in [0.25, 0.3) is 0 Å². The molecule has 4 nitrogen and oxygen atoms in total. The molecule has 2 atom stereocenters. The fraction of sp³-hybridized carbons (Fsp3) is 0.333. The van der Waals surface area contributed by atoms with Gasteiger partial charge < -0.3 is 20.3 Å². The van der Waals surface area contributed by atoms with Crippen LogP contribution in [0.4, 0.5) is 0 Å². The average molecular weight is 293 g/mol. The van der Waals surface area contributed by atoms with Crippen LogP contribution in [0.25, 0.3) is 0 Å². The summed E-state index contributed by atoms with van der Waals surface area (Å²) >= 11 is 1.56. The largest absolute Gasteiger partial charge is 0.497 e. The number of nitrogens with one attached hydrogen (secondary N) is 1. The number of ether oxygens (including phenoxy) is 1. The smallest absolute Gasteiger partial charge is 0.119 e. The zero-order valence-corrected chi connectivity index (χ0v) is 12.1. The minimum Gasteiger partial charge on any atom is -0.497 e. The summed E-state index contributed by atoms with van der Waals surface area (Å²) in [6.07, 6.45) is -1.17. The zero-order chi connectivity index (χ0) is 14.4. The summed E-state index contributed by atoms with van der Waals surface area (Å²) in [5.41, 5.74) is 1.69. The van der Waals surface area contributed by atoms with Gasteiger partial charge >= 0.3 is 0 Å². The molecule has 0 bridgehead atoms. The lowest BCUT2D eigenvalue weighted by molar-refractivity contribution is 0.147. The Morgan fingerprint density at radius 1 is 1.15 bits per heavy atom. The van der Waals surface area contributed by atoms with E-state index < -0.39 is 12.2 Å². The average Bonchev–Trinajstić information content (AvgIpc) is 3.01. The maximum absolute atomic E-state index is 10.1. The van der Waals surface area contributed by atoms with Gasteiger partial charge in [-0.1, -0.05) is 12.1 Å². The molecular formula is C15H19NO3S. The van der Waals surface area contributed by atoms with Crippen molar-refractivity contribution in [3.63, 3.8) is 0 Å². The van der Waals surface area contributed by atoms with Gasteiger partial charge in [-0.05, 0) is 40.1 Å². The van der Waals surface area contributed by atoms with Crippen LogP contribution in [0.15, 0.2) is 41.1 Å². The number of aliphatic hydroxyl groups excluding tert-OH is 2. The van der Waals surface area contributed by atoms with Crippen molar-refractivity contribution >= 4 is 11.3 Å². The minimum atomic E-state index is -0.625. The molecule has 0 radical (unpaired) electrons. The first-order valence-electron chi connectivity index (χ1n) is 6.43. The fourth-order valence-electron chi connectivity index (χ4n) is 1.91. The van der Waals surface area contributed by atoms with Gasteiger partial charge in [-0.3, -0.25) is 0 Å². The molecule has 3 N–H and O–H groups in total. The summed E-state index contributed by atoms with van der Waals surface area (Å²) < 4.78 is 5.13. The van der Waals surface area contributed by atoms with Gasteiger partial charge in [-0.2, -0.15) is 11.3 Å². The normalized spacial score (nSPS) is 13.9. The van der Waals surface area contributed by atoms with Crippen LogP contribution in [-0.2, 0) is 0 Å². The lowest BCUT2D eigenvalue weighted by Crippen LogP contribution is -2.26. The predicted octanol–water partition coefficient (Wildman–Crippen LogP) is 2.11. The van der Waals surface area contributed by atoms with Gasteiger partial charge in [-0.15, -0.1) is 0 Å². The molecule has 20 heavy (non-hydrogen) atoms. The topological polar surface area (TPSA) is 61.7 Å². The Morgan fingerprint density at radius 2 is 1.90 bits per heavy atom. The number of hydrogen-bond donors (Lipinski definition) is 3. The van der Waals surface area contributed by atoms with E-state index in [-0.39, 0.29) is 0 Å². The second-order valence-corrected chi connectivity index (χ2v) is 5.30. The molecule has 5 heteroatoms. The molecular weight excluding hydrogens is 274 g/mol. The summed E-state index contributed by atoms with van der Waals surface area (Å²) in [5, 5.41) is 26.9. The molecule has 1 aromatic carbocycles. The Kier molecular flexibility index (Phi) is 5.55. The van der Waals surface area contributed by atoms with Crippen molar-refractivity contribution < 1.29 is 14.9 Å². The fourth-order valence-corrected chi connectivity index (χ4v) is 2.61. The van der Waals surface area contributed by atoms with Crippen molar-refractivity contribution in [2.24, 2.45) is 0 Å². The number of hydrogen-bond acceptors (Lipinski definition) is 5. The highest BCUT2D eigenvalue weighted by Gasteiger charge is 2.11. The highest BCUT2D eigenvalue weighted by molar-refractivity contribution is 7.07. The van der Waals surface area contributed by atoms with Crippen LogP contribution in [0.1, 0.15) is 23.3 Å². The molecule has 2 aromatic rings. The number of benzene rings is 1. The third-order valence-electron chi connectivity index (χ3n) is 3.08. The molecule has 0 fully saturated rings. The van der Waals surface area contributed by atoms with Crippen LogP contribution in [0.2, 0.25) is 0 Å². The van der Waals surface area contributed by atoms with E-state index in [1.807, 2.05) is 41.1 Å². The van der Waals surface area contributed by atoms with Gasteiger partial charge in [0.2, 0.25) is 0 Å². The summed E-state index contributed by atoms with van der Waals surface area (Å²) in [7, 11) is 1.60. The predicted molar refractivity (Wildman–Crippen MR) is 80.1 cm³/mol. The molecule has 0 spiro atoms. The van der Waals surface area contributed by atoms with Crippen molar-refractivity contribution in [1.29, 1.82) is 0 Å². The lowest BCUT2D eigenvalue weighted by Gasteiger charge is -2.15. The summed E-state index contributed by atoms with van der Waals surface area (Å²) in [6.45, 7) is 0.798. The lowest BCUT2D eigenvalue weighted by atomic mass is 10.1. The first-order chi connectivity index (χ1) is 9.70. The van der Waals surface area contributed by atoms with E-state index in [0.29, 0.717) is 13.1 Å². The van der Waals surface area contributed by atoms with Crippen LogP contribution in [0, 0.1) is 0 Å². The van der Waals surface area contributed by atoms with E-state index in [2.05, 4.69) is 5.32 Å². The van der Waals surface area contributed by atoms with Crippen LogP contribution in [0.5, 0.6) is 5.75 Å². The Hall–Kier alpha value is -1.40. The molecule has 0 saturated carbocycles. The third kappa shape index (κ3) is 4.05. The van der Waals surface area contributed by atoms with Crippen LogP contribution in [0.3, 0.4) is 0 Å². The van der Waals surface area contributed by atoms with E-state index in [9.17, 15) is 10.2 Å². The second kappa shape index (κ2) is 7.40. The van der Waals surface area contributed by atoms with Crippen molar-refractivity contribution in [1.82, 2.24) is 5.32 Å². The maximum atomic E-state index is 10.1. The van der Waals surface area contributed by atoms with Crippen LogP contribution < -0.4 is 10.1 Å². The number of aliphatic hydroxyl groups is 2. The molecule has 1 aromatic heterocycles. The molecule has 0 amide bonds. The van der Waals surface area contributed by atoms with E-state index in [1.165, 1.54) is 0 Å². The SMILES string of the molecule is COc1cccc(C(O)CNCC(O)c2ccsc2)c1. The molecule has 2 rings (SSSR count). The monoisotopic (exact) mass is 293 g/mol. The second-order valence-electron chi connectivity index (χ2n) is 4.52. The molecule has 0 saturated heterocycles. The number of rotatable bonds is 7.